The summed E-state index contributed by atoms with van der Waals surface area (Å²) in [4.78, 5) is 0. The van der Waals surface area contributed by atoms with E-state index >= 15 is 0 Å². The molecule has 0 atom stereocenters. The fourth-order valence-corrected chi connectivity index (χ4v) is 3.10. The van der Waals surface area contributed by atoms with Crippen LogP contribution >= 0.6 is 39.1 Å². The van der Waals surface area contributed by atoms with Gasteiger partial charge in [-0.2, -0.15) is 5.10 Å². The van der Waals surface area contributed by atoms with Crippen LogP contribution < -0.4 is 5.32 Å². The molecule has 1 aromatic heterocycles. The van der Waals surface area contributed by atoms with Crippen molar-refractivity contribution in [2.24, 2.45) is 7.05 Å². The van der Waals surface area contributed by atoms with Crippen molar-refractivity contribution in [1.29, 1.82) is 0 Å². The lowest BCUT2D eigenvalue weighted by Gasteiger charge is -2.10. The summed E-state index contributed by atoms with van der Waals surface area (Å²) in [5, 5.41) is 8.64. The highest BCUT2D eigenvalue weighted by atomic mass is 79.9. The molecule has 112 valence electrons. The number of hydrogen-bond donors (Lipinski definition) is 1. The molecular formula is C16H12BrCl2N3. The van der Waals surface area contributed by atoms with E-state index in [1.165, 1.54) is 0 Å². The average molecular weight is 397 g/mol. The molecule has 0 bridgehead atoms. The number of aromatic nitrogens is 2. The molecule has 0 saturated carbocycles. The Morgan fingerprint density at radius 1 is 1.05 bits per heavy atom. The number of anilines is 2. The van der Waals surface area contributed by atoms with E-state index in [-0.39, 0.29) is 0 Å². The second-order valence-corrected chi connectivity index (χ2v) is 6.47. The van der Waals surface area contributed by atoms with E-state index in [4.69, 9.17) is 23.2 Å². The van der Waals surface area contributed by atoms with Gasteiger partial charge in [0.05, 0.1) is 26.4 Å². The quantitative estimate of drug-likeness (QED) is 0.597. The van der Waals surface area contributed by atoms with Gasteiger partial charge in [-0.15, -0.1) is 0 Å². The minimum absolute atomic E-state index is 0.525. The minimum Gasteiger partial charge on any atom is -0.355 e. The molecule has 0 amide bonds. The third-order valence-electron chi connectivity index (χ3n) is 3.24. The molecule has 22 heavy (non-hydrogen) atoms. The Bertz CT molecular complexity index is 811. The summed E-state index contributed by atoms with van der Waals surface area (Å²) >= 11 is 15.5. The first-order valence-electron chi connectivity index (χ1n) is 6.54. The monoisotopic (exact) mass is 395 g/mol. The van der Waals surface area contributed by atoms with Crippen molar-refractivity contribution in [2.75, 3.05) is 5.32 Å². The summed E-state index contributed by atoms with van der Waals surface area (Å²) in [7, 11) is 1.92. The van der Waals surface area contributed by atoms with Gasteiger partial charge in [-0.05, 0) is 46.3 Å². The van der Waals surface area contributed by atoms with Gasteiger partial charge in [-0.3, -0.25) is 4.68 Å². The highest BCUT2D eigenvalue weighted by Crippen LogP contribution is 2.31. The predicted molar refractivity (Wildman–Crippen MR) is 96.1 cm³/mol. The minimum atomic E-state index is 0.525. The van der Waals surface area contributed by atoms with Crippen LogP contribution in [0.3, 0.4) is 0 Å². The normalized spacial score (nSPS) is 10.7. The molecule has 0 aliphatic rings. The van der Waals surface area contributed by atoms with Crippen LogP contribution in [0.15, 0.2) is 53.1 Å². The molecule has 3 rings (SSSR count). The largest absolute Gasteiger partial charge is 0.355 e. The van der Waals surface area contributed by atoms with Gasteiger partial charge in [0.2, 0.25) is 0 Å². The molecule has 0 aliphatic carbocycles. The summed E-state index contributed by atoms with van der Waals surface area (Å²) in [6.45, 7) is 0. The Labute approximate surface area is 147 Å². The zero-order chi connectivity index (χ0) is 15.7. The van der Waals surface area contributed by atoms with Gasteiger partial charge in [-0.1, -0.05) is 35.3 Å². The summed E-state index contributed by atoms with van der Waals surface area (Å²) in [5.41, 5.74) is 3.94. The van der Waals surface area contributed by atoms with Gasteiger partial charge in [0.25, 0.3) is 0 Å². The number of rotatable bonds is 3. The highest BCUT2D eigenvalue weighted by Gasteiger charge is 2.09. The Kier molecular flexibility index (Phi) is 4.43. The Morgan fingerprint density at radius 3 is 2.50 bits per heavy atom. The van der Waals surface area contributed by atoms with Crippen molar-refractivity contribution < 1.29 is 0 Å². The van der Waals surface area contributed by atoms with Crippen LogP contribution in [0.1, 0.15) is 0 Å². The van der Waals surface area contributed by atoms with Crippen LogP contribution in [-0.2, 0) is 7.05 Å². The molecule has 3 aromatic rings. The number of aryl methyl sites for hydroxylation is 1. The lowest BCUT2D eigenvalue weighted by molar-refractivity contribution is 0.776. The number of nitrogens with one attached hydrogen (secondary N) is 1. The van der Waals surface area contributed by atoms with Crippen LogP contribution in [0, 0.1) is 0 Å². The Hall–Kier alpha value is -1.49. The van der Waals surface area contributed by atoms with Gasteiger partial charge in [-0.25, -0.2) is 0 Å². The summed E-state index contributed by atoms with van der Waals surface area (Å²) < 4.78 is 2.80. The van der Waals surface area contributed by atoms with E-state index in [9.17, 15) is 0 Å². The molecule has 6 heteroatoms. The molecule has 0 spiro atoms. The number of hydrogen-bond acceptors (Lipinski definition) is 2. The third-order valence-corrected chi connectivity index (χ3v) is 4.56. The number of nitrogens with zero attached hydrogens (tertiary/aromatic N) is 2. The lowest BCUT2D eigenvalue weighted by atomic mass is 10.1. The zero-order valence-electron chi connectivity index (χ0n) is 11.6. The average Bonchev–Trinajstić information content (AvgIpc) is 2.82. The molecular weight excluding hydrogens is 385 g/mol. The number of benzene rings is 2. The van der Waals surface area contributed by atoms with Crippen molar-refractivity contribution in [1.82, 2.24) is 9.78 Å². The maximum atomic E-state index is 6.04. The first-order valence-corrected chi connectivity index (χ1v) is 8.09. The smallest absolute Gasteiger partial charge is 0.0821 e. The van der Waals surface area contributed by atoms with E-state index in [0.29, 0.717) is 10.0 Å². The second-order valence-electron chi connectivity index (χ2n) is 4.80. The van der Waals surface area contributed by atoms with Crippen molar-refractivity contribution in [2.45, 2.75) is 0 Å². The van der Waals surface area contributed by atoms with Gasteiger partial charge in [0.15, 0.2) is 0 Å². The Morgan fingerprint density at radius 2 is 1.82 bits per heavy atom. The molecule has 0 unspecified atom stereocenters. The zero-order valence-corrected chi connectivity index (χ0v) is 14.7. The molecule has 3 nitrogen and oxygen atoms in total. The molecule has 0 saturated heterocycles. The fourth-order valence-electron chi connectivity index (χ4n) is 2.22. The predicted octanol–water partition coefficient (Wildman–Crippen LogP) is 5.90. The van der Waals surface area contributed by atoms with Crippen molar-refractivity contribution in [3.8, 4) is 11.3 Å². The molecule has 0 fully saturated rings. The van der Waals surface area contributed by atoms with Crippen LogP contribution in [-0.4, -0.2) is 9.78 Å². The van der Waals surface area contributed by atoms with E-state index in [0.717, 1.165) is 27.1 Å². The summed E-state index contributed by atoms with van der Waals surface area (Å²) in [6.07, 6.45) is 1.79. The van der Waals surface area contributed by atoms with E-state index in [2.05, 4.69) is 32.4 Å². The SMILES string of the molecule is Cn1ncc(Br)c1-c1cccc(Nc2ccc(Cl)c(Cl)c2)c1. The first kappa shape index (κ1) is 15.4. The van der Waals surface area contributed by atoms with E-state index in [1.807, 2.05) is 36.0 Å². The molecule has 0 aliphatic heterocycles. The standard InChI is InChI=1S/C16H12BrCl2N3/c1-22-16(13(17)9-20-22)10-3-2-4-11(7-10)21-12-5-6-14(18)15(19)8-12/h2-9,21H,1H3. The summed E-state index contributed by atoms with van der Waals surface area (Å²) in [6, 6.07) is 13.6. The molecule has 1 heterocycles. The van der Waals surface area contributed by atoms with Crippen LogP contribution in [0.2, 0.25) is 10.0 Å². The van der Waals surface area contributed by atoms with Crippen molar-refractivity contribution >= 4 is 50.5 Å². The maximum Gasteiger partial charge on any atom is 0.0821 e. The topological polar surface area (TPSA) is 29.9 Å². The fraction of sp³-hybridized carbons (Fsp3) is 0.0625. The highest BCUT2D eigenvalue weighted by molar-refractivity contribution is 9.10. The number of halogens is 3. The summed E-state index contributed by atoms with van der Waals surface area (Å²) in [5.74, 6) is 0. The Balaban J connectivity index is 1.93. The lowest BCUT2D eigenvalue weighted by Crippen LogP contribution is -1.95. The van der Waals surface area contributed by atoms with Crippen molar-refractivity contribution in [3.05, 3.63) is 63.2 Å². The molecule has 2 aromatic carbocycles. The van der Waals surface area contributed by atoms with E-state index < -0.39 is 0 Å². The first-order chi connectivity index (χ1) is 10.5. The van der Waals surface area contributed by atoms with Crippen LogP contribution in [0.5, 0.6) is 0 Å². The van der Waals surface area contributed by atoms with Crippen LogP contribution in [0.25, 0.3) is 11.3 Å². The van der Waals surface area contributed by atoms with Crippen molar-refractivity contribution in [3.63, 3.8) is 0 Å². The van der Waals surface area contributed by atoms with E-state index in [1.54, 1.807) is 18.3 Å². The molecule has 0 radical (unpaired) electrons. The second kappa shape index (κ2) is 6.32. The molecule has 1 N–H and O–H groups in total. The van der Waals surface area contributed by atoms with Crippen LogP contribution in [0.4, 0.5) is 11.4 Å². The maximum absolute atomic E-state index is 6.04. The van der Waals surface area contributed by atoms with Gasteiger partial charge < -0.3 is 5.32 Å². The van der Waals surface area contributed by atoms with Gasteiger partial charge in [0, 0.05) is 24.0 Å². The van der Waals surface area contributed by atoms with Gasteiger partial charge in [0.1, 0.15) is 0 Å². The third kappa shape index (κ3) is 3.14. The van der Waals surface area contributed by atoms with Gasteiger partial charge >= 0.3 is 0 Å².